The predicted molar refractivity (Wildman–Crippen MR) is 84.0 cm³/mol. The largest absolute Gasteiger partial charge is 0.449 e. The third kappa shape index (κ3) is 5.27. The maximum atomic E-state index is 11.7. The SMILES string of the molecule is CSc1ccc(/C=C/C(=O)O[C@H](C)C(=O)NC2CC2)cc1. The lowest BCUT2D eigenvalue weighted by Gasteiger charge is -2.11. The first kappa shape index (κ1) is 15.6. The molecule has 1 N–H and O–H groups in total. The van der Waals surface area contributed by atoms with Gasteiger partial charge in [-0.1, -0.05) is 12.1 Å². The van der Waals surface area contributed by atoms with Crippen LogP contribution in [-0.4, -0.2) is 30.3 Å². The highest BCUT2D eigenvalue weighted by Gasteiger charge is 2.26. The Labute approximate surface area is 128 Å². The second-order valence-electron chi connectivity index (χ2n) is 4.97. The maximum Gasteiger partial charge on any atom is 0.331 e. The van der Waals surface area contributed by atoms with Gasteiger partial charge in [0.2, 0.25) is 0 Å². The van der Waals surface area contributed by atoms with E-state index >= 15 is 0 Å². The van der Waals surface area contributed by atoms with E-state index in [2.05, 4.69) is 5.32 Å². The van der Waals surface area contributed by atoms with Crippen LogP contribution in [0.4, 0.5) is 0 Å². The van der Waals surface area contributed by atoms with Gasteiger partial charge in [-0.05, 0) is 49.8 Å². The van der Waals surface area contributed by atoms with Crippen molar-refractivity contribution >= 4 is 29.7 Å². The highest BCUT2D eigenvalue weighted by Crippen LogP contribution is 2.19. The van der Waals surface area contributed by atoms with Crippen molar-refractivity contribution in [2.75, 3.05) is 6.26 Å². The molecule has 1 fully saturated rings. The van der Waals surface area contributed by atoms with Crippen molar-refractivity contribution in [1.29, 1.82) is 0 Å². The highest BCUT2D eigenvalue weighted by atomic mass is 32.2. The van der Waals surface area contributed by atoms with Crippen LogP contribution in [-0.2, 0) is 14.3 Å². The average Bonchev–Trinajstić information content (AvgIpc) is 3.29. The molecule has 1 atom stereocenters. The van der Waals surface area contributed by atoms with Gasteiger partial charge in [0.25, 0.3) is 5.91 Å². The summed E-state index contributed by atoms with van der Waals surface area (Å²) >= 11 is 1.66. The van der Waals surface area contributed by atoms with Crippen molar-refractivity contribution < 1.29 is 14.3 Å². The minimum atomic E-state index is -0.762. The number of rotatable bonds is 6. The molecule has 1 saturated carbocycles. The highest BCUT2D eigenvalue weighted by molar-refractivity contribution is 7.98. The van der Waals surface area contributed by atoms with E-state index in [4.69, 9.17) is 4.74 Å². The van der Waals surface area contributed by atoms with E-state index in [1.54, 1.807) is 24.8 Å². The van der Waals surface area contributed by atoms with Crippen molar-refractivity contribution in [3.05, 3.63) is 35.9 Å². The first-order valence-electron chi connectivity index (χ1n) is 6.91. The lowest BCUT2D eigenvalue weighted by atomic mass is 10.2. The molecule has 4 nitrogen and oxygen atoms in total. The zero-order valence-corrected chi connectivity index (χ0v) is 13.0. The van der Waals surface area contributed by atoms with Gasteiger partial charge in [-0.2, -0.15) is 0 Å². The van der Waals surface area contributed by atoms with Gasteiger partial charge in [0.15, 0.2) is 6.10 Å². The quantitative estimate of drug-likeness (QED) is 0.499. The van der Waals surface area contributed by atoms with E-state index in [1.807, 2.05) is 30.5 Å². The number of esters is 1. The molecule has 0 aliphatic heterocycles. The van der Waals surface area contributed by atoms with Crippen molar-refractivity contribution in [1.82, 2.24) is 5.32 Å². The maximum absolute atomic E-state index is 11.7. The van der Waals surface area contributed by atoms with E-state index in [0.29, 0.717) is 0 Å². The summed E-state index contributed by atoms with van der Waals surface area (Å²) in [5, 5.41) is 2.80. The molecule has 1 aliphatic rings. The Hall–Kier alpha value is -1.75. The van der Waals surface area contributed by atoms with Gasteiger partial charge in [-0.25, -0.2) is 4.79 Å². The molecule has 5 heteroatoms. The number of thioether (sulfide) groups is 1. The summed E-state index contributed by atoms with van der Waals surface area (Å²) in [6, 6.07) is 8.10. The molecule has 1 amide bonds. The van der Waals surface area contributed by atoms with E-state index < -0.39 is 12.1 Å². The topological polar surface area (TPSA) is 55.4 Å². The van der Waals surface area contributed by atoms with E-state index in [0.717, 1.165) is 18.4 Å². The number of hydrogen-bond acceptors (Lipinski definition) is 4. The van der Waals surface area contributed by atoms with Crippen LogP contribution in [0.2, 0.25) is 0 Å². The van der Waals surface area contributed by atoms with Gasteiger partial charge >= 0.3 is 5.97 Å². The van der Waals surface area contributed by atoms with Crippen LogP contribution in [0.1, 0.15) is 25.3 Å². The first-order chi connectivity index (χ1) is 10.1. The fourth-order valence-corrected chi connectivity index (χ4v) is 2.10. The fourth-order valence-electron chi connectivity index (χ4n) is 1.69. The molecule has 0 bridgehead atoms. The molecule has 2 rings (SSSR count). The molecule has 0 spiro atoms. The van der Waals surface area contributed by atoms with Gasteiger partial charge in [0.1, 0.15) is 0 Å². The lowest BCUT2D eigenvalue weighted by Crippen LogP contribution is -2.36. The van der Waals surface area contributed by atoms with Gasteiger partial charge in [-0.3, -0.25) is 4.79 Å². The Morgan fingerprint density at radius 2 is 2.00 bits per heavy atom. The Bertz CT molecular complexity index is 535. The number of hydrogen-bond donors (Lipinski definition) is 1. The summed E-state index contributed by atoms with van der Waals surface area (Å²) in [4.78, 5) is 24.5. The first-order valence-corrected chi connectivity index (χ1v) is 8.14. The van der Waals surface area contributed by atoms with Gasteiger partial charge in [-0.15, -0.1) is 11.8 Å². The predicted octanol–water partition coefficient (Wildman–Crippen LogP) is 2.63. The van der Waals surface area contributed by atoms with Gasteiger partial charge < -0.3 is 10.1 Å². The molecule has 1 aromatic carbocycles. The van der Waals surface area contributed by atoms with Crippen LogP contribution in [0.5, 0.6) is 0 Å². The Kier molecular flexibility index (Phi) is 5.44. The monoisotopic (exact) mass is 305 g/mol. The minimum Gasteiger partial charge on any atom is -0.449 e. The van der Waals surface area contributed by atoms with Crippen molar-refractivity contribution in [3.63, 3.8) is 0 Å². The number of nitrogens with one attached hydrogen (secondary N) is 1. The van der Waals surface area contributed by atoms with Crippen LogP contribution in [0, 0.1) is 0 Å². The molecule has 1 aliphatic carbocycles. The van der Waals surface area contributed by atoms with E-state index in [1.165, 1.54) is 11.0 Å². The lowest BCUT2D eigenvalue weighted by molar-refractivity contribution is -0.150. The molecule has 1 aromatic rings. The number of ether oxygens (including phenoxy) is 1. The normalized spacial score (nSPS) is 15.7. The summed E-state index contributed by atoms with van der Waals surface area (Å²) < 4.78 is 5.07. The molecule has 0 radical (unpaired) electrons. The molecule has 0 heterocycles. The average molecular weight is 305 g/mol. The Morgan fingerprint density at radius 3 is 2.57 bits per heavy atom. The van der Waals surface area contributed by atoms with Crippen molar-refractivity contribution in [3.8, 4) is 0 Å². The van der Waals surface area contributed by atoms with Crippen LogP contribution in [0.15, 0.2) is 35.2 Å². The second-order valence-corrected chi connectivity index (χ2v) is 5.85. The molecule has 0 saturated heterocycles. The third-order valence-corrected chi connectivity index (χ3v) is 3.86. The van der Waals surface area contributed by atoms with Crippen LogP contribution in [0.3, 0.4) is 0 Å². The number of carbonyl (C=O) groups is 2. The van der Waals surface area contributed by atoms with E-state index in [9.17, 15) is 9.59 Å². The Morgan fingerprint density at radius 1 is 1.33 bits per heavy atom. The number of benzene rings is 1. The second kappa shape index (κ2) is 7.31. The molecule has 0 aromatic heterocycles. The molecular formula is C16H19NO3S. The van der Waals surface area contributed by atoms with E-state index in [-0.39, 0.29) is 11.9 Å². The molecule has 0 unspecified atom stereocenters. The van der Waals surface area contributed by atoms with Crippen molar-refractivity contribution in [2.24, 2.45) is 0 Å². The molecular weight excluding hydrogens is 286 g/mol. The van der Waals surface area contributed by atoms with Crippen LogP contribution >= 0.6 is 11.8 Å². The van der Waals surface area contributed by atoms with Gasteiger partial charge in [0.05, 0.1) is 0 Å². The smallest absolute Gasteiger partial charge is 0.331 e. The zero-order chi connectivity index (χ0) is 15.2. The molecule has 21 heavy (non-hydrogen) atoms. The Balaban J connectivity index is 1.81. The molecule has 112 valence electrons. The zero-order valence-electron chi connectivity index (χ0n) is 12.2. The third-order valence-electron chi connectivity index (χ3n) is 3.11. The summed E-state index contributed by atoms with van der Waals surface area (Å²) in [7, 11) is 0. The number of amides is 1. The minimum absolute atomic E-state index is 0.233. The summed E-state index contributed by atoms with van der Waals surface area (Å²) in [5.41, 5.74) is 0.917. The summed E-state index contributed by atoms with van der Waals surface area (Å²) in [5.74, 6) is -0.744. The van der Waals surface area contributed by atoms with Crippen LogP contribution < -0.4 is 5.32 Å². The van der Waals surface area contributed by atoms with Gasteiger partial charge in [0, 0.05) is 17.0 Å². The standard InChI is InChI=1S/C16H19NO3S/c1-11(16(19)17-13-6-7-13)20-15(18)10-5-12-3-8-14(21-2)9-4-12/h3-5,8-11,13H,6-7H2,1-2H3,(H,17,19)/b10-5+/t11-/m1/s1. The van der Waals surface area contributed by atoms with Crippen LogP contribution in [0.25, 0.3) is 6.08 Å². The number of carbonyl (C=O) groups excluding carboxylic acids is 2. The fraction of sp³-hybridized carbons (Fsp3) is 0.375. The summed E-state index contributed by atoms with van der Waals surface area (Å²) in [6.07, 6.45) is 6.29. The summed E-state index contributed by atoms with van der Waals surface area (Å²) in [6.45, 7) is 1.58. The van der Waals surface area contributed by atoms with Crippen molar-refractivity contribution in [2.45, 2.75) is 36.8 Å².